The van der Waals surface area contributed by atoms with Gasteiger partial charge in [-0.3, -0.25) is 4.79 Å². The minimum absolute atomic E-state index is 0.000599. The molecule has 0 fully saturated rings. The van der Waals surface area contributed by atoms with E-state index in [0.29, 0.717) is 0 Å². The van der Waals surface area contributed by atoms with Crippen LogP contribution in [0.1, 0.15) is 29.0 Å². The number of nitrogens with one attached hydrogen (secondary N) is 2. The molecule has 0 saturated carbocycles. The monoisotopic (exact) mass is 278 g/mol. The highest BCUT2D eigenvalue weighted by molar-refractivity contribution is 6.00. The van der Waals surface area contributed by atoms with Gasteiger partial charge >= 0.3 is 0 Å². The van der Waals surface area contributed by atoms with E-state index in [1.165, 1.54) is 16.7 Å². The number of carbonyl (C=O) groups excluding carboxylic acids is 1. The molecule has 106 valence electrons. The molecule has 0 saturated heterocycles. The third kappa shape index (κ3) is 2.09. The number of aryl methyl sites for hydroxylation is 1. The summed E-state index contributed by atoms with van der Waals surface area (Å²) in [5.74, 6) is 0.107. The predicted molar refractivity (Wildman–Crippen MR) is 84.8 cm³/mol. The highest BCUT2D eigenvalue weighted by Crippen LogP contribution is 2.37. The molecule has 3 heteroatoms. The van der Waals surface area contributed by atoms with E-state index in [2.05, 4.69) is 28.8 Å². The summed E-state index contributed by atoms with van der Waals surface area (Å²) < 4.78 is 0. The highest BCUT2D eigenvalue weighted by Gasteiger charge is 2.32. The van der Waals surface area contributed by atoms with Crippen LogP contribution < -0.4 is 10.6 Å². The van der Waals surface area contributed by atoms with E-state index in [-0.39, 0.29) is 11.8 Å². The molecule has 0 bridgehead atoms. The molecule has 2 aromatic carbocycles. The standard InChI is InChI=1S/C18H18N2O/c21-18(15-11-13-5-1-2-8-14(13)15)20-16-9-3-6-12-7-4-10-19-17(12)16/h1-3,5-6,8-9,15,19H,4,7,10-11H2,(H,20,21). The second-order valence-electron chi connectivity index (χ2n) is 5.81. The third-order valence-electron chi connectivity index (χ3n) is 4.50. The van der Waals surface area contributed by atoms with Gasteiger partial charge in [0.15, 0.2) is 0 Å². The van der Waals surface area contributed by atoms with Gasteiger partial charge in [-0.15, -0.1) is 0 Å². The van der Waals surface area contributed by atoms with Gasteiger partial charge in [0.25, 0.3) is 0 Å². The summed E-state index contributed by atoms with van der Waals surface area (Å²) in [6.45, 7) is 0.978. The van der Waals surface area contributed by atoms with Crippen LogP contribution in [-0.2, 0) is 17.6 Å². The number of hydrogen-bond donors (Lipinski definition) is 2. The predicted octanol–water partition coefficient (Wildman–Crippen LogP) is 3.32. The van der Waals surface area contributed by atoms with E-state index in [4.69, 9.17) is 0 Å². The van der Waals surface area contributed by atoms with Gasteiger partial charge in [0.1, 0.15) is 0 Å². The van der Waals surface area contributed by atoms with Crippen LogP contribution in [0.4, 0.5) is 11.4 Å². The zero-order valence-corrected chi connectivity index (χ0v) is 11.9. The zero-order valence-electron chi connectivity index (χ0n) is 11.9. The molecule has 1 unspecified atom stereocenters. The summed E-state index contributed by atoms with van der Waals surface area (Å²) >= 11 is 0. The van der Waals surface area contributed by atoms with Crippen LogP contribution in [0.5, 0.6) is 0 Å². The van der Waals surface area contributed by atoms with Crippen molar-refractivity contribution in [2.45, 2.75) is 25.2 Å². The maximum Gasteiger partial charge on any atom is 0.232 e. The summed E-state index contributed by atoms with van der Waals surface area (Å²) in [4.78, 5) is 12.5. The van der Waals surface area contributed by atoms with Gasteiger partial charge in [0.05, 0.1) is 17.3 Å². The van der Waals surface area contributed by atoms with Gasteiger partial charge in [-0.05, 0) is 42.0 Å². The van der Waals surface area contributed by atoms with Crippen molar-refractivity contribution < 1.29 is 4.79 Å². The van der Waals surface area contributed by atoms with Crippen LogP contribution >= 0.6 is 0 Å². The Morgan fingerprint density at radius 3 is 2.86 bits per heavy atom. The first-order valence-electron chi connectivity index (χ1n) is 7.57. The number of anilines is 2. The van der Waals surface area contributed by atoms with Crippen molar-refractivity contribution in [3.8, 4) is 0 Å². The van der Waals surface area contributed by atoms with Crippen molar-refractivity contribution in [2.24, 2.45) is 0 Å². The Bertz CT molecular complexity index is 708. The summed E-state index contributed by atoms with van der Waals surface area (Å²) in [6, 6.07) is 14.3. The number of fused-ring (bicyclic) bond motifs is 2. The first-order valence-corrected chi connectivity index (χ1v) is 7.57. The molecule has 0 aromatic heterocycles. The Morgan fingerprint density at radius 1 is 1.10 bits per heavy atom. The van der Waals surface area contributed by atoms with Crippen molar-refractivity contribution in [2.75, 3.05) is 17.2 Å². The Hall–Kier alpha value is -2.29. The fraction of sp³-hybridized carbons (Fsp3) is 0.278. The topological polar surface area (TPSA) is 41.1 Å². The summed E-state index contributed by atoms with van der Waals surface area (Å²) in [5, 5.41) is 6.53. The summed E-state index contributed by atoms with van der Waals surface area (Å²) in [7, 11) is 0. The number of para-hydroxylation sites is 1. The minimum atomic E-state index is 0.000599. The average Bonchev–Trinajstić information content (AvgIpc) is 2.49. The number of hydrogen-bond acceptors (Lipinski definition) is 2. The third-order valence-corrected chi connectivity index (χ3v) is 4.50. The van der Waals surface area contributed by atoms with E-state index >= 15 is 0 Å². The van der Waals surface area contributed by atoms with Crippen LogP contribution in [-0.4, -0.2) is 12.5 Å². The quantitative estimate of drug-likeness (QED) is 0.884. The molecule has 0 spiro atoms. The van der Waals surface area contributed by atoms with E-state index in [0.717, 1.165) is 37.2 Å². The van der Waals surface area contributed by atoms with E-state index in [1.807, 2.05) is 24.3 Å². The van der Waals surface area contributed by atoms with Crippen LogP contribution in [0, 0.1) is 0 Å². The van der Waals surface area contributed by atoms with Gasteiger partial charge in [0, 0.05) is 6.54 Å². The molecule has 0 radical (unpaired) electrons. The van der Waals surface area contributed by atoms with Crippen LogP contribution in [0.25, 0.3) is 0 Å². The lowest BCUT2D eigenvalue weighted by Crippen LogP contribution is -2.30. The molecule has 4 rings (SSSR count). The van der Waals surface area contributed by atoms with Gasteiger partial charge in [-0.2, -0.15) is 0 Å². The van der Waals surface area contributed by atoms with Gasteiger partial charge < -0.3 is 10.6 Å². The normalized spacial score (nSPS) is 18.8. The average molecular weight is 278 g/mol. The lowest BCUT2D eigenvalue weighted by atomic mass is 9.77. The smallest absolute Gasteiger partial charge is 0.232 e. The second-order valence-corrected chi connectivity index (χ2v) is 5.81. The van der Waals surface area contributed by atoms with Gasteiger partial charge in [-0.1, -0.05) is 36.4 Å². The van der Waals surface area contributed by atoms with Crippen LogP contribution in [0.3, 0.4) is 0 Å². The van der Waals surface area contributed by atoms with Crippen molar-refractivity contribution in [1.29, 1.82) is 0 Å². The van der Waals surface area contributed by atoms with Crippen molar-refractivity contribution in [1.82, 2.24) is 0 Å². The Kier molecular flexibility index (Phi) is 2.92. The molecular formula is C18H18N2O. The fourth-order valence-corrected chi connectivity index (χ4v) is 3.33. The first kappa shape index (κ1) is 12.5. The SMILES string of the molecule is O=C(Nc1cccc2c1NCCC2)C1Cc2ccccc21. The van der Waals surface area contributed by atoms with Gasteiger partial charge in [-0.25, -0.2) is 0 Å². The lowest BCUT2D eigenvalue weighted by molar-refractivity contribution is -0.118. The number of carbonyl (C=O) groups is 1. The minimum Gasteiger partial charge on any atom is -0.383 e. The van der Waals surface area contributed by atoms with E-state index < -0.39 is 0 Å². The zero-order chi connectivity index (χ0) is 14.2. The van der Waals surface area contributed by atoms with E-state index in [1.54, 1.807) is 0 Å². The molecule has 1 amide bonds. The second kappa shape index (κ2) is 4.92. The number of benzene rings is 2. The number of rotatable bonds is 2. The molecule has 2 aliphatic rings. The lowest BCUT2D eigenvalue weighted by Gasteiger charge is -2.29. The fourth-order valence-electron chi connectivity index (χ4n) is 3.33. The molecule has 1 atom stereocenters. The molecule has 2 N–H and O–H groups in total. The molecule has 2 aromatic rings. The summed E-state index contributed by atoms with van der Waals surface area (Å²) in [5.41, 5.74) is 5.79. The van der Waals surface area contributed by atoms with Crippen LogP contribution in [0.2, 0.25) is 0 Å². The Labute approximate surface area is 124 Å². The molecule has 3 nitrogen and oxygen atoms in total. The van der Waals surface area contributed by atoms with Crippen LogP contribution in [0.15, 0.2) is 42.5 Å². The first-order chi connectivity index (χ1) is 10.3. The summed E-state index contributed by atoms with van der Waals surface area (Å²) in [6.07, 6.45) is 3.09. The molecule has 1 aliphatic heterocycles. The molecule has 21 heavy (non-hydrogen) atoms. The molecular weight excluding hydrogens is 260 g/mol. The van der Waals surface area contributed by atoms with Crippen molar-refractivity contribution >= 4 is 17.3 Å². The van der Waals surface area contributed by atoms with E-state index in [9.17, 15) is 4.79 Å². The molecule has 1 aliphatic carbocycles. The highest BCUT2D eigenvalue weighted by atomic mass is 16.1. The Balaban J connectivity index is 1.56. The largest absolute Gasteiger partial charge is 0.383 e. The Morgan fingerprint density at radius 2 is 1.95 bits per heavy atom. The molecule has 1 heterocycles. The van der Waals surface area contributed by atoms with Crippen molar-refractivity contribution in [3.05, 3.63) is 59.2 Å². The maximum absolute atomic E-state index is 12.5. The van der Waals surface area contributed by atoms with Gasteiger partial charge in [0.2, 0.25) is 5.91 Å². The number of amides is 1. The van der Waals surface area contributed by atoms with Crippen molar-refractivity contribution in [3.63, 3.8) is 0 Å². The maximum atomic E-state index is 12.5.